The lowest BCUT2D eigenvalue weighted by atomic mass is 9.90. The number of amides is 1. The Kier molecular flexibility index (Phi) is 6.71. The molecule has 0 radical (unpaired) electrons. The van der Waals surface area contributed by atoms with Crippen molar-refractivity contribution in [3.63, 3.8) is 0 Å². The van der Waals surface area contributed by atoms with Gasteiger partial charge >= 0.3 is 0 Å². The summed E-state index contributed by atoms with van der Waals surface area (Å²) < 4.78 is 25.6. The molecule has 6 heteroatoms. The van der Waals surface area contributed by atoms with Gasteiger partial charge in [0.2, 0.25) is 5.91 Å². The van der Waals surface area contributed by atoms with E-state index in [0.29, 0.717) is 19.0 Å². The van der Waals surface area contributed by atoms with Gasteiger partial charge in [0.15, 0.2) is 9.84 Å². The van der Waals surface area contributed by atoms with Crippen molar-refractivity contribution in [2.24, 2.45) is 5.92 Å². The Balaban J connectivity index is 1.47. The van der Waals surface area contributed by atoms with E-state index in [4.69, 9.17) is 0 Å². The molecule has 1 saturated heterocycles. The number of halogens is 1. The largest absolute Gasteiger partial charge is 0.343 e. The fourth-order valence-electron chi connectivity index (χ4n) is 3.47. The second-order valence-electron chi connectivity index (χ2n) is 7.04. The predicted octanol–water partition coefficient (Wildman–Crippen LogP) is 4.09. The van der Waals surface area contributed by atoms with E-state index in [1.54, 1.807) is 24.3 Å². The minimum absolute atomic E-state index is 0.0434. The minimum atomic E-state index is -3.43. The molecule has 0 aromatic heterocycles. The summed E-state index contributed by atoms with van der Waals surface area (Å²) in [7, 11) is -3.43. The molecule has 1 aliphatic heterocycles. The van der Waals surface area contributed by atoms with Crippen molar-refractivity contribution in [2.75, 3.05) is 18.8 Å². The molecule has 1 aliphatic rings. The van der Waals surface area contributed by atoms with E-state index in [0.717, 1.165) is 23.7 Å². The summed E-state index contributed by atoms with van der Waals surface area (Å²) in [6.07, 6.45) is 3.03. The van der Waals surface area contributed by atoms with Crippen molar-refractivity contribution in [1.82, 2.24) is 4.90 Å². The molecule has 0 spiro atoms. The van der Waals surface area contributed by atoms with Crippen LogP contribution in [0.5, 0.6) is 0 Å². The number of rotatable bonds is 6. The highest BCUT2D eigenvalue weighted by atomic mass is 79.9. The Morgan fingerprint density at radius 3 is 2.26 bits per heavy atom. The normalized spacial score (nSPS) is 15.7. The third-order valence-electron chi connectivity index (χ3n) is 5.09. The van der Waals surface area contributed by atoms with Gasteiger partial charge in [0.1, 0.15) is 0 Å². The summed E-state index contributed by atoms with van der Waals surface area (Å²) in [6.45, 7) is 1.43. The van der Waals surface area contributed by atoms with Crippen molar-refractivity contribution in [2.45, 2.75) is 30.6 Å². The molecule has 4 nitrogen and oxygen atoms in total. The lowest BCUT2D eigenvalue weighted by Crippen LogP contribution is -2.39. The second kappa shape index (κ2) is 9.02. The lowest BCUT2D eigenvalue weighted by molar-refractivity contribution is -0.132. The molecule has 1 heterocycles. The van der Waals surface area contributed by atoms with Crippen LogP contribution in [0.2, 0.25) is 0 Å². The van der Waals surface area contributed by atoms with E-state index >= 15 is 0 Å². The number of hydrogen-bond donors (Lipinski definition) is 0. The van der Waals surface area contributed by atoms with Gasteiger partial charge in [0.05, 0.1) is 10.6 Å². The Morgan fingerprint density at radius 2 is 1.63 bits per heavy atom. The number of nitrogens with zero attached hydrogens (tertiary/aromatic N) is 1. The summed E-state index contributed by atoms with van der Waals surface area (Å²) in [5.74, 6) is 0.383. The monoisotopic (exact) mass is 449 g/mol. The smallest absolute Gasteiger partial charge is 0.223 e. The number of carbonyl (C=O) groups is 1. The highest BCUT2D eigenvalue weighted by Crippen LogP contribution is 2.23. The zero-order chi connectivity index (χ0) is 19.3. The van der Waals surface area contributed by atoms with Crippen LogP contribution in [-0.2, 0) is 21.1 Å². The molecule has 1 amide bonds. The molecular weight excluding hydrogens is 426 g/mol. The number of piperidine rings is 1. The first kappa shape index (κ1) is 20.1. The van der Waals surface area contributed by atoms with Crippen molar-refractivity contribution in [3.05, 3.63) is 64.6 Å². The molecule has 1 fully saturated rings. The lowest BCUT2D eigenvalue weighted by Gasteiger charge is -2.32. The fourth-order valence-corrected chi connectivity index (χ4v) is 4.97. The molecular formula is C21H24BrNO3S. The summed E-state index contributed by atoms with van der Waals surface area (Å²) in [5, 5.41) is 0. The van der Waals surface area contributed by atoms with Crippen LogP contribution in [0.4, 0.5) is 0 Å². The maximum atomic E-state index is 12.4. The van der Waals surface area contributed by atoms with Gasteiger partial charge in [-0.3, -0.25) is 4.79 Å². The van der Waals surface area contributed by atoms with Crippen LogP contribution in [0.25, 0.3) is 0 Å². The molecule has 144 valence electrons. The van der Waals surface area contributed by atoms with Crippen LogP contribution in [0.1, 0.15) is 24.8 Å². The zero-order valence-corrected chi connectivity index (χ0v) is 17.6. The fraction of sp³-hybridized carbons (Fsp3) is 0.381. The van der Waals surface area contributed by atoms with Gasteiger partial charge in [-0.15, -0.1) is 0 Å². The highest BCUT2D eigenvalue weighted by molar-refractivity contribution is 9.10. The quantitative estimate of drug-likeness (QED) is 0.666. The summed E-state index contributed by atoms with van der Waals surface area (Å²) in [4.78, 5) is 14.5. The van der Waals surface area contributed by atoms with Crippen molar-refractivity contribution in [3.8, 4) is 0 Å². The predicted molar refractivity (Wildman–Crippen MR) is 110 cm³/mol. The molecule has 0 bridgehead atoms. The molecule has 0 unspecified atom stereocenters. The second-order valence-corrected chi connectivity index (χ2v) is 10.1. The van der Waals surface area contributed by atoms with Crippen LogP contribution in [-0.4, -0.2) is 38.1 Å². The third-order valence-corrected chi connectivity index (χ3v) is 7.35. The third kappa shape index (κ3) is 5.66. The average molecular weight is 450 g/mol. The van der Waals surface area contributed by atoms with Gasteiger partial charge in [-0.1, -0.05) is 46.3 Å². The van der Waals surface area contributed by atoms with Gasteiger partial charge in [0.25, 0.3) is 0 Å². The summed E-state index contributed by atoms with van der Waals surface area (Å²) in [5.41, 5.74) is 1.34. The molecule has 0 atom stereocenters. The number of sulfone groups is 1. The van der Waals surface area contributed by atoms with Crippen molar-refractivity contribution in [1.29, 1.82) is 0 Å². The van der Waals surface area contributed by atoms with E-state index in [1.165, 1.54) is 5.56 Å². The van der Waals surface area contributed by atoms with E-state index in [9.17, 15) is 13.2 Å². The van der Waals surface area contributed by atoms with Gasteiger partial charge in [0, 0.05) is 24.0 Å². The number of likely N-dealkylation sites (tertiary alicyclic amines) is 1. The van der Waals surface area contributed by atoms with Crippen LogP contribution in [0.15, 0.2) is 64.0 Å². The minimum Gasteiger partial charge on any atom is -0.343 e. The maximum Gasteiger partial charge on any atom is 0.223 e. The maximum absolute atomic E-state index is 12.4. The Morgan fingerprint density at radius 1 is 1.00 bits per heavy atom. The van der Waals surface area contributed by atoms with Crippen molar-refractivity contribution < 1.29 is 13.2 Å². The van der Waals surface area contributed by atoms with E-state index in [-0.39, 0.29) is 23.0 Å². The van der Waals surface area contributed by atoms with Gasteiger partial charge < -0.3 is 4.90 Å². The molecule has 0 N–H and O–H groups in total. The number of hydrogen-bond acceptors (Lipinski definition) is 3. The van der Waals surface area contributed by atoms with E-state index in [1.807, 2.05) is 11.0 Å². The topological polar surface area (TPSA) is 54.5 Å². The van der Waals surface area contributed by atoms with E-state index in [2.05, 4.69) is 40.2 Å². The van der Waals surface area contributed by atoms with Gasteiger partial charge in [-0.05, 0) is 55.0 Å². The Labute approximate surface area is 169 Å². The SMILES string of the molecule is O=C(CCS(=O)(=O)c1ccc(Br)cc1)N1CCC(Cc2ccccc2)CC1. The average Bonchev–Trinajstić information content (AvgIpc) is 2.68. The molecule has 0 aliphatic carbocycles. The molecule has 3 rings (SSSR count). The first-order valence-electron chi connectivity index (χ1n) is 9.24. The molecule has 27 heavy (non-hydrogen) atoms. The number of carbonyl (C=O) groups excluding carboxylic acids is 1. The Bertz CT molecular complexity index is 858. The van der Waals surface area contributed by atoms with Crippen LogP contribution in [0, 0.1) is 5.92 Å². The zero-order valence-electron chi connectivity index (χ0n) is 15.2. The van der Waals surface area contributed by atoms with E-state index < -0.39 is 9.84 Å². The molecule has 2 aromatic carbocycles. The van der Waals surface area contributed by atoms with Crippen LogP contribution in [0.3, 0.4) is 0 Å². The number of benzene rings is 2. The van der Waals surface area contributed by atoms with Crippen molar-refractivity contribution >= 4 is 31.7 Å². The standard InChI is InChI=1S/C21H24BrNO3S/c22-19-6-8-20(9-7-19)27(25,26)15-12-21(24)23-13-10-18(11-14-23)16-17-4-2-1-3-5-17/h1-9,18H,10-16H2. The van der Waals surface area contributed by atoms with Gasteiger partial charge in [-0.25, -0.2) is 8.42 Å². The molecule has 0 saturated carbocycles. The summed E-state index contributed by atoms with van der Waals surface area (Å²) in [6, 6.07) is 17.0. The first-order valence-corrected chi connectivity index (χ1v) is 11.7. The van der Waals surface area contributed by atoms with Crippen LogP contribution >= 0.6 is 15.9 Å². The van der Waals surface area contributed by atoms with Gasteiger partial charge in [-0.2, -0.15) is 0 Å². The Hall–Kier alpha value is -1.66. The first-order chi connectivity index (χ1) is 12.9. The highest BCUT2D eigenvalue weighted by Gasteiger charge is 2.24. The van der Waals surface area contributed by atoms with Crippen LogP contribution < -0.4 is 0 Å². The summed E-state index contributed by atoms with van der Waals surface area (Å²) >= 11 is 3.30. The molecule has 2 aromatic rings.